The van der Waals surface area contributed by atoms with E-state index in [4.69, 9.17) is 0 Å². The highest BCUT2D eigenvalue weighted by Gasteiger charge is 2.19. The molecule has 1 aliphatic heterocycles. The molecule has 0 aliphatic carbocycles. The number of piperazine rings is 1. The summed E-state index contributed by atoms with van der Waals surface area (Å²) in [6.45, 7) is 8.93. The van der Waals surface area contributed by atoms with Gasteiger partial charge in [-0.25, -0.2) is 9.29 Å². The molecule has 0 spiro atoms. The lowest BCUT2D eigenvalue weighted by Gasteiger charge is -2.33. The van der Waals surface area contributed by atoms with Crippen LogP contribution in [0.4, 0.5) is 5.69 Å². The van der Waals surface area contributed by atoms with Gasteiger partial charge in [0.15, 0.2) is 0 Å². The Balaban J connectivity index is 1.66. The minimum absolute atomic E-state index is 0.235. The summed E-state index contributed by atoms with van der Waals surface area (Å²) >= 11 is 0. The molecule has 1 unspecified atom stereocenters. The number of nitrogens with zero attached hydrogens (tertiary/aromatic N) is 5. The van der Waals surface area contributed by atoms with Crippen LogP contribution in [-0.4, -0.2) is 78.0 Å². The maximum absolute atomic E-state index is 4.62. The topological polar surface area (TPSA) is 48.2 Å². The van der Waals surface area contributed by atoms with Crippen LogP contribution in [0.5, 0.6) is 0 Å². The smallest absolute Gasteiger partial charge is 0.137 e. The van der Waals surface area contributed by atoms with Gasteiger partial charge in [-0.3, -0.25) is 9.39 Å². The van der Waals surface area contributed by atoms with Crippen LogP contribution in [0.15, 0.2) is 52.7 Å². The molecule has 2 aromatic heterocycles. The van der Waals surface area contributed by atoms with E-state index in [0.717, 1.165) is 66.6 Å². The summed E-state index contributed by atoms with van der Waals surface area (Å²) in [5.41, 5.74) is 5.39. The molecule has 0 saturated carbocycles. The molecule has 7 heteroatoms. The van der Waals surface area contributed by atoms with Gasteiger partial charge < -0.3 is 10.2 Å². The fourth-order valence-electron chi connectivity index (χ4n) is 3.81. The Morgan fingerprint density at radius 3 is 2.63 bits per heavy atom. The average Bonchev–Trinajstić information content (AvgIpc) is 3.21. The number of aliphatic imine (C=N–C) groups is 1. The standard InChI is InChI=1S/C23H30N6S/c1-24-10-9-18-5-6-19(15-21(18)25-2)20-7-8-22-26-16-23(29(22)17-20)30(4)28-13-11-27(3)12-14-28/h5-8,15-17,24H,2,4,9-14H2,1,3H3. The van der Waals surface area contributed by atoms with Gasteiger partial charge in [0.1, 0.15) is 10.7 Å². The fraction of sp³-hybridized carbons (Fsp3) is 0.348. The zero-order valence-corrected chi connectivity index (χ0v) is 18.7. The van der Waals surface area contributed by atoms with Crippen LogP contribution in [0.1, 0.15) is 5.56 Å². The first-order chi connectivity index (χ1) is 14.6. The summed E-state index contributed by atoms with van der Waals surface area (Å²) in [5, 5.41) is 4.35. The van der Waals surface area contributed by atoms with E-state index in [-0.39, 0.29) is 10.7 Å². The summed E-state index contributed by atoms with van der Waals surface area (Å²) in [6, 6.07) is 10.7. The van der Waals surface area contributed by atoms with E-state index in [1.54, 1.807) is 0 Å². The van der Waals surface area contributed by atoms with Gasteiger partial charge in [-0.1, -0.05) is 28.7 Å². The van der Waals surface area contributed by atoms with Crippen molar-refractivity contribution in [2.24, 2.45) is 4.99 Å². The second-order valence-electron chi connectivity index (χ2n) is 7.69. The van der Waals surface area contributed by atoms with Crippen molar-refractivity contribution in [1.29, 1.82) is 0 Å². The molecule has 1 atom stereocenters. The molecule has 0 amide bonds. The van der Waals surface area contributed by atoms with Gasteiger partial charge in [-0.2, -0.15) is 0 Å². The van der Waals surface area contributed by atoms with Crippen molar-refractivity contribution >= 4 is 34.6 Å². The molecule has 6 nitrogen and oxygen atoms in total. The van der Waals surface area contributed by atoms with Crippen LogP contribution < -0.4 is 5.32 Å². The normalized spacial score (nSPS) is 16.7. The molecule has 1 N–H and O–H groups in total. The van der Waals surface area contributed by atoms with Crippen molar-refractivity contribution in [2.45, 2.75) is 11.4 Å². The van der Waals surface area contributed by atoms with Crippen molar-refractivity contribution in [2.75, 3.05) is 46.8 Å². The summed E-state index contributed by atoms with van der Waals surface area (Å²) in [5.74, 6) is 4.49. The van der Waals surface area contributed by atoms with Crippen molar-refractivity contribution in [1.82, 2.24) is 23.9 Å². The number of nitrogens with one attached hydrogen (secondary N) is 1. The summed E-state index contributed by atoms with van der Waals surface area (Å²) < 4.78 is 4.66. The van der Waals surface area contributed by atoms with E-state index in [1.165, 1.54) is 5.56 Å². The van der Waals surface area contributed by atoms with Crippen LogP contribution in [0.2, 0.25) is 0 Å². The first kappa shape index (κ1) is 20.9. The Morgan fingerprint density at radius 1 is 1.13 bits per heavy atom. The predicted octanol–water partition coefficient (Wildman–Crippen LogP) is 3.32. The molecule has 1 aliphatic rings. The van der Waals surface area contributed by atoms with Crippen LogP contribution in [0.3, 0.4) is 0 Å². The Kier molecular flexibility index (Phi) is 6.43. The Hall–Kier alpha value is -2.32. The summed E-state index contributed by atoms with van der Waals surface area (Å²) in [7, 11) is 3.91. The van der Waals surface area contributed by atoms with Crippen molar-refractivity contribution in [3.05, 3.63) is 48.3 Å². The minimum Gasteiger partial charge on any atom is -0.319 e. The molecule has 4 rings (SSSR count). The maximum atomic E-state index is 4.62. The van der Waals surface area contributed by atoms with Gasteiger partial charge in [0.25, 0.3) is 0 Å². The van der Waals surface area contributed by atoms with Crippen LogP contribution in [0, 0.1) is 0 Å². The number of hydrogen-bond donors (Lipinski definition) is 1. The van der Waals surface area contributed by atoms with Gasteiger partial charge in [-0.15, -0.1) is 0 Å². The summed E-state index contributed by atoms with van der Waals surface area (Å²) in [6.07, 6.45) is 5.09. The molecular weight excluding hydrogens is 392 g/mol. The number of aromatic nitrogens is 2. The highest BCUT2D eigenvalue weighted by atomic mass is 32.2. The largest absolute Gasteiger partial charge is 0.319 e. The van der Waals surface area contributed by atoms with Gasteiger partial charge >= 0.3 is 0 Å². The van der Waals surface area contributed by atoms with E-state index in [2.05, 4.69) is 85.1 Å². The molecule has 1 fully saturated rings. The van der Waals surface area contributed by atoms with E-state index in [9.17, 15) is 0 Å². The lowest BCUT2D eigenvalue weighted by atomic mass is 10.0. The van der Waals surface area contributed by atoms with Gasteiger partial charge in [0.05, 0.1) is 11.9 Å². The minimum atomic E-state index is -0.235. The second kappa shape index (κ2) is 9.22. The molecule has 30 heavy (non-hydrogen) atoms. The average molecular weight is 423 g/mol. The molecule has 3 aromatic rings. The Morgan fingerprint density at radius 2 is 1.90 bits per heavy atom. The third-order valence-corrected chi connectivity index (χ3v) is 7.49. The van der Waals surface area contributed by atoms with Crippen molar-refractivity contribution in [3.63, 3.8) is 0 Å². The Labute approximate surface area is 181 Å². The first-order valence-electron chi connectivity index (χ1n) is 10.3. The second-order valence-corrected chi connectivity index (χ2v) is 9.36. The molecule has 0 radical (unpaired) electrons. The fourth-order valence-corrected chi connectivity index (χ4v) is 5.22. The Bertz CT molecular complexity index is 1060. The van der Waals surface area contributed by atoms with Crippen molar-refractivity contribution in [3.8, 4) is 11.1 Å². The SMILES string of the molecule is C=Nc1cc(-c2ccc3ncc(S(=C)N4CCN(C)CC4)n3c2)ccc1CCNC. The molecule has 158 valence electrons. The molecule has 0 bridgehead atoms. The third-order valence-electron chi connectivity index (χ3n) is 5.72. The zero-order valence-electron chi connectivity index (χ0n) is 17.8. The van der Waals surface area contributed by atoms with Crippen LogP contribution in [-0.2, 0) is 6.42 Å². The van der Waals surface area contributed by atoms with Gasteiger partial charge in [0, 0.05) is 32.4 Å². The third kappa shape index (κ3) is 4.25. The number of pyridine rings is 1. The number of benzene rings is 1. The van der Waals surface area contributed by atoms with E-state index in [1.807, 2.05) is 13.2 Å². The highest BCUT2D eigenvalue weighted by molar-refractivity contribution is 8.12. The van der Waals surface area contributed by atoms with Gasteiger partial charge in [-0.05, 0) is 68.7 Å². The number of fused-ring (bicyclic) bond motifs is 1. The molecule has 1 saturated heterocycles. The lowest BCUT2D eigenvalue weighted by molar-refractivity contribution is 0.233. The quantitative estimate of drug-likeness (QED) is 0.469. The number of imidazole rings is 1. The van der Waals surface area contributed by atoms with Crippen molar-refractivity contribution < 1.29 is 0 Å². The zero-order chi connectivity index (χ0) is 21.1. The monoisotopic (exact) mass is 422 g/mol. The molecule has 1 aromatic carbocycles. The lowest BCUT2D eigenvalue weighted by Crippen LogP contribution is -2.41. The maximum Gasteiger partial charge on any atom is 0.137 e. The summed E-state index contributed by atoms with van der Waals surface area (Å²) in [4.78, 5) is 11.2. The number of rotatable bonds is 7. The molecular formula is C23H30N6S. The number of likely N-dealkylation sites (N-methyl/N-ethyl adjacent to an activating group) is 2. The molecule has 3 heterocycles. The number of hydrogen-bond acceptors (Lipinski definition) is 5. The first-order valence-corrected chi connectivity index (χ1v) is 11.6. The van der Waals surface area contributed by atoms with E-state index < -0.39 is 0 Å². The van der Waals surface area contributed by atoms with Crippen LogP contribution in [0.25, 0.3) is 16.8 Å². The van der Waals surface area contributed by atoms with E-state index >= 15 is 0 Å². The highest BCUT2D eigenvalue weighted by Crippen LogP contribution is 2.33. The van der Waals surface area contributed by atoms with Crippen LogP contribution >= 0.6 is 10.7 Å². The van der Waals surface area contributed by atoms with Gasteiger partial charge in [0.2, 0.25) is 0 Å². The predicted molar refractivity (Wildman–Crippen MR) is 130 cm³/mol. The van der Waals surface area contributed by atoms with E-state index in [0.29, 0.717) is 0 Å².